The highest BCUT2D eigenvalue weighted by Crippen LogP contribution is 2.24. The number of hydrogen-bond acceptors (Lipinski definition) is 2. The van der Waals surface area contributed by atoms with Crippen LogP contribution < -0.4 is 5.32 Å². The molecule has 1 aromatic rings. The first kappa shape index (κ1) is 10.9. The predicted octanol–water partition coefficient (Wildman–Crippen LogP) is 3.61. The molecule has 2 heteroatoms. The molecular weight excluding hydrogens is 202 g/mol. The Morgan fingerprint density at radius 2 is 2.20 bits per heavy atom. The smallest absolute Gasteiger partial charge is 0.0374 e. The molecule has 0 saturated carbocycles. The van der Waals surface area contributed by atoms with Crippen molar-refractivity contribution < 1.29 is 0 Å². The standard InChI is InChI=1S/C13H19NS/c1-10-5-3-7-13(11(10)2)14-12-6-4-8-15-9-12/h3,5,7,12,14H,4,6,8-9H2,1-2H3/t12-/m1/s1. The Morgan fingerprint density at radius 1 is 1.33 bits per heavy atom. The molecule has 0 radical (unpaired) electrons. The summed E-state index contributed by atoms with van der Waals surface area (Å²) in [5, 5.41) is 3.67. The van der Waals surface area contributed by atoms with Gasteiger partial charge in [0.2, 0.25) is 0 Å². The quantitative estimate of drug-likeness (QED) is 0.818. The van der Waals surface area contributed by atoms with Crippen LogP contribution in [0.2, 0.25) is 0 Å². The first-order valence-electron chi connectivity index (χ1n) is 5.68. The minimum atomic E-state index is 0.671. The third-order valence-electron chi connectivity index (χ3n) is 3.12. The second-order valence-electron chi connectivity index (χ2n) is 4.31. The van der Waals surface area contributed by atoms with Gasteiger partial charge in [0, 0.05) is 17.5 Å². The molecule has 0 bridgehead atoms. The lowest BCUT2D eigenvalue weighted by Crippen LogP contribution is -2.26. The van der Waals surface area contributed by atoms with Crippen molar-refractivity contribution >= 4 is 17.4 Å². The fourth-order valence-electron chi connectivity index (χ4n) is 1.98. The molecule has 0 unspecified atom stereocenters. The molecule has 1 nitrogen and oxygen atoms in total. The third-order valence-corrected chi connectivity index (χ3v) is 4.34. The monoisotopic (exact) mass is 221 g/mol. The Labute approximate surface area is 96.7 Å². The average molecular weight is 221 g/mol. The minimum Gasteiger partial charge on any atom is -0.381 e. The van der Waals surface area contributed by atoms with E-state index in [0.717, 1.165) is 0 Å². The van der Waals surface area contributed by atoms with E-state index in [1.54, 1.807) is 0 Å². The van der Waals surface area contributed by atoms with Gasteiger partial charge in [-0.15, -0.1) is 0 Å². The van der Waals surface area contributed by atoms with E-state index >= 15 is 0 Å². The molecule has 1 fully saturated rings. The maximum Gasteiger partial charge on any atom is 0.0374 e. The van der Waals surface area contributed by atoms with Crippen LogP contribution in [-0.2, 0) is 0 Å². The van der Waals surface area contributed by atoms with Crippen molar-refractivity contribution in [3.8, 4) is 0 Å². The minimum absolute atomic E-state index is 0.671. The van der Waals surface area contributed by atoms with E-state index in [4.69, 9.17) is 0 Å². The maximum atomic E-state index is 3.67. The summed E-state index contributed by atoms with van der Waals surface area (Å²) in [5.41, 5.74) is 4.10. The Kier molecular flexibility index (Phi) is 3.57. The van der Waals surface area contributed by atoms with Crippen molar-refractivity contribution in [2.45, 2.75) is 32.7 Å². The number of rotatable bonds is 2. The summed E-state index contributed by atoms with van der Waals surface area (Å²) >= 11 is 2.07. The molecule has 1 aliphatic rings. The molecule has 82 valence electrons. The van der Waals surface area contributed by atoms with Crippen LogP contribution >= 0.6 is 11.8 Å². The summed E-state index contributed by atoms with van der Waals surface area (Å²) in [7, 11) is 0. The van der Waals surface area contributed by atoms with Crippen LogP contribution in [0.25, 0.3) is 0 Å². The van der Waals surface area contributed by atoms with Gasteiger partial charge >= 0.3 is 0 Å². The van der Waals surface area contributed by atoms with Gasteiger partial charge in [0.25, 0.3) is 0 Å². The molecule has 0 aromatic heterocycles. The van der Waals surface area contributed by atoms with E-state index < -0.39 is 0 Å². The van der Waals surface area contributed by atoms with Crippen molar-refractivity contribution in [3.63, 3.8) is 0 Å². The van der Waals surface area contributed by atoms with Gasteiger partial charge in [0.15, 0.2) is 0 Å². The predicted molar refractivity (Wildman–Crippen MR) is 69.9 cm³/mol. The molecule has 0 aliphatic carbocycles. The highest BCUT2D eigenvalue weighted by molar-refractivity contribution is 7.99. The summed E-state index contributed by atoms with van der Waals surface area (Å²) in [6.07, 6.45) is 2.67. The Hall–Kier alpha value is -0.630. The van der Waals surface area contributed by atoms with Gasteiger partial charge < -0.3 is 5.32 Å². The largest absolute Gasteiger partial charge is 0.381 e. The number of thioether (sulfide) groups is 1. The van der Waals surface area contributed by atoms with Crippen LogP contribution in [0, 0.1) is 13.8 Å². The summed E-state index contributed by atoms with van der Waals surface area (Å²) in [5.74, 6) is 2.60. The van der Waals surface area contributed by atoms with E-state index in [2.05, 4.69) is 49.1 Å². The third kappa shape index (κ3) is 2.69. The number of hydrogen-bond donors (Lipinski definition) is 1. The average Bonchev–Trinajstić information content (AvgIpc) is 2.26. The lowest BCUT2D eigenvalue weighted by Gasteiger charge is -2.24. The second kappa shape index (κ2) is 4.93. The highest BCUT2D eigenvalue weighted by Gasteiger charge is 2.14. The molecule has 0 spiro atoms. The van der Waals surface area contributed by atoms with Crippen LogP contribution in [0.4, 0.5) is 5.69 Å². The van der Waals surface area contributed by atoms with Gasteiger partial charge in [-0.1, -0.05) is 12.1 Å². The van der Waals surface area contributed by atoms with E-state index in [0.29, 0.717) is 6.04 Å². The molecule has 1 N–H and O–H groups in total. The van der Waals surface area contributed by atoms with Crippen molar-refractivity contribution in [1.82, 2.24) is 0 Å². The summed E-state index contributed by atoms with van der Waals surface area (Å²) < 4.78 is 0. The van der Waals surface area contributed by atoms with Crippen molar-refractivity contribution in [2.75, 3.05) is 16.8 Å². The summed E-state index contributed by atoms with van der Waals surface area (Å²) in [4.78, 5) is 0. The SMILES string of the molecule is Cc1cccc(N[C@@H]2CCCSC2)c1C. The number of benzene rings is 1. The zero-order valence-electron chi connectivity index (χ0n) is 9.55. The van der Waals surface area contributed by atoms with Crippen molar-refractivity contribution in [1.29, 1.82) is 0 Å². The summed E-state index contributed by atoms with van der Waals surface area (Å²) in [6, 6.07) is 7.18. The number of aryl methyl sites for hydroxylation is 1. The molecule has 1 aliphatic heterocycles. The molecule has 15 heavy (non-hydrogen) atoms. The van der Waals surface area contributed by atoms with Crippen LogP contribution in [0.1, 0.15) is 24.0 Å². The van der Waals surface area contributed by atoms with Gasteiger partial charge in [0.05, 0.1) is 0 Å². The molecule has 2 rings (SSSR count). The van der Waals surface area contributed by atoms with Crippen LogP contribution in [0.15, 0.2) is 18.2 Å². The second-order valence-corrected chi connectivity index (χ2v) is 5.46. The number of anilines is 1. The molecule has 1 atom stereocenters. The molecule has 1 heterocycles. The van der Waals surface area contributed by atoms with Gasteiger partial charge in [-0.05, 0) is 49.6 Å². The Balaban J connectivity index is 2.06. The topological polar surface area (TPSA) is 12.0 Å². The van der Waals surface area contributed by atoms with Gasteiger partial charge in [-0.2, -0.15) is 11.8 Å². The molecule has 1 aromatic carbocycles. The molecular formula is C13H19NS. The van der Waals surface area contributed by atoms with Crippen LogP contribution in [0.5, 0.6) is 0 Å². The van der Waals surface area contributed by atoms with Gasteiger partial charge in [-0.3, -0.25) is 0 Å². The number of nitrogens with one attached hydrogen (secondary N) is 1. The maximum absolute atomic E-state index is 3.67. The van der Waals surface area contributed by atoms with Crippen LogP contribution in [0.3, 0.4) is 0 Å². The van der Waals surface area contributed by atoms with E-state index in [1.165, 1.54) is 41.2 Å². The summed E-state index contributed by atoms with van der Waals surface area (Å²) in [6.45, 7) is 4.38. The highest BCUT2D eigenvalue weighted by atomic mass is 32.2. The van der Waals surface area contributed by atoms with Crippen molar-refractivity contribution in [2.24, 2.45) is 0 Å². The lowest BCUT2D eigenvalue weighted by molar-refractivity contribution is 0.684. The molecule has 0 amide bonds. The van der Waals surface area contributed by atoms with Crippen molar-refractivity contribution in [3.05, 3.63) is 29.3 Å². The van der Waals surface area contributed by atoms with Crippen LogP contribution in [-0.4, -0.2) is 17.5 Å². The van der Waals surface area contributed by atoms with E-state index in [-0.39, 0.29) is 0 Å². The first-order valence-corrected chi connectivity index (χ1v) is 6.83. The van der Waals surface area contributed by atoms with E-state index in [1.807, 2.05) is 0 Å². The zero-order chi connectivity index (χ0) is 10.7. The van der Waals surface area contributed by atoms with Gasteiger partial charge in [0.1, 0.15) is 0 Å². The molecule has 1 saturated heterocycles. The fourth-order valence-corrected chi connectivity index (χ4v) is 3.05. The Morgan fingerprint density at radius 3 is 2.93 bits per heavy atom. The fraction of sp³-hybridized carbons (Fsp3) is 0.538. The Bertz CT molecular complexity index is 329. The lowest BCUT2D eigenvalue weighted by atomic mass is 10.1. The van der Waals surface area contributed by atoms with Gasteiger partial charge in [-0.25, -0.2) is 0 Å². The zero-order valence-corrected chi connectivity index (χ0v) is 10.4. The van der Waals surface area contributed by atoms with E-state index in [9.17, 15) is 0 Å². The first-order chi connectivity index (χ1) is 7.27. The normalized spacial score (nSPS) is 21.3.